The standard InChI is InChI=1S/C14H23ClN2/c1-10(2)12(8-16)9-17-11(3)13-6-4-5-7-14(13)15/h4-7,10-12,17H,8-9,16H2,1-3H3. The Hall–Kier alpha value is -0.570. The fourth-order valence-electron chi connectivity index (χ4n) is 1.86. The lowest BCUT2D eigenvalue weighted by Crippen LogP contribution is -2.33. The monoisotopic (exact) mass is 254 g/mol. The summed E-state index contributed by atoms with van der Waals surface area (Å²) in [5.41, 5.74) is 6.91. The van der Waals surface area contributed by atoms with E-state index in [2.05, 4.69) is 32.2 Å². The minimum absolute atomic E-state index is 0.261. The quantitative estimate of drug-likeness (QED) is 0.818. The van der Waals surface area contributed by atoms with Gasteiger partial charge in [-0.05, 0) is 43.5 Å². The van der Waals surface area contributed by atoms with Gasteiger partial charge in [-0.15, -0.1) is 0 Å². The fourth-order valence-corrected chi connectivity index (χ4v) is 2.15. The molecule has 0 saturated heterocycles. The van der Waals surface area contributed by atoms with Gasteiger partial charge in [0.05, 0.1) is 0 Å². The van der Waals surface area contributed by atoms with Crippen molar-refractivity contribution in [3.8, 4) is 0 Å². The summed E-state index contributed by atoms with van der Waals surface area (Å²) >= 11 is 6.17. The van der Waals surface area contributed by atoms with Gasteiger partial charge < -0.3 is 11.1 Å². The highest BCUT2D eigenvalue weighted by Gasteiger charge is 2.14. The van der Waals surface area contributed by atoms with Crippen molar-refractivity contribution < 1.29 is 0 Å². The molecule has 17 heavy (non-hydrogen) atoms. The molecule has 0 aliphatic carbocycles. The van der Waals surface area contributed by atoms with Crippen molar-refractivity contribution in [1.82, 2.24) is 5.32 Å². The van der Waals surface area contributed by atoms with Crippen molar-refractivity contribution in [3.05, 3.63) is 34.9 Å². The second-order valence-corrected chi connectivity index (χ2v) is 5.30. The van der Waals surface area contributed by atoms with E-state index in [1.165, 1.54) is 0 Å². The molecule has 0 aliphatic heterocycles. The maximum Gasteiger partial charge on any atom is 0.0453 e. The highest BCUT2D eigenvalue weighted by atomic mass is 35.5. The van der Waals surface area contributed by atoms with Crippen LogP contribution < -0.4 is 11.1 Å². The highest BCUT2D eigenvalue weighted by molar-refractivity contribution is 6.31. The number of nitrogens with one attached hydrogen (secondary N) is 1. The van der Waals surface area contributed by atoms with E-state index < -0.39 is 0 Å². The Morgan fingerprint density at radius 1 is 1.24 bits per heavy atom. The number of hydrogen-bond acceptors (Lipinski definition) is 2. The molecule has 1 aromatic carbocycles. The zero-order chi connectivity index (χ0) is 12.8. The third kappa shape index (κ3) is 4.30. The molecule has 0 amide bonds. The minimum atomic E-state index is 0.261. The lowest BCUT2D eigenvalue weighted by atomic mass is 9.95. The number of hydrogen-bond donors (Lipinski definition) is 2. The smallest absolute Gasteiger partial charge is 0.0453 e. The summed E-state index contributed by atoms with van der Waals surface area (Å²) in [7, 11) is 0. The normalized spacial score (nSPS) is 14.9. The Kier molecular flexibility index (Phi) is 5.96. The molecule has 0 fully saturated rings. The van der Waals surface area contributed by atoms with E-state index in [4.69, 9.17) is 17.3 Å². The molecule has 0 saturated carbocycles. The minimum Gasteiger partial charge on any atom is -0.330 e. The second-order valence-electron chi connectivity index (χ2n) is 4.89. The van der Waals surface area contributed by atoms with Crippen LogP contribution in [-0.2, 0) is 0 Å². The predicted octanol–water partition coefficient (Wildman–Crippen LogP) is 3.22. The lowest BCUT2D eigenvalue weighted by molar-refractivity contribution is 0.356. The molecule has 3 heteroatoms. The van der Waals surface area contributed by atoms with E-state index in [1.54, 1.807) is 0 Å². The molecule has 0 aliphatic rings. The maximum atomic E-state index is 6.17. The Morgan fingerprint density at radius 3 is 2.41 bits per heavy atom. The second kappa shape index (κ2) is 7.00. The Labute approximate surface area is 110 Å². The SMILES string of the molecule is CC(NCC(CN)C(C)C)c1ccccc1Cl. The molecule has 0 aromatic heterocycles. The van der Waals surface area contributed by atoms with Crippen molar-refractivity contribution in [1.29, 1.82) is 0 Å². The van der Waals surface area contributed by atoms with Crippen LogP contribution in [0.15, 0.2) is 24.3 Å². The number of halogens is 1. The van der Waals surface area contributed by atoms with Crippen molar-refractivity contribution in [2.45, 2.75) is 26.8 Å². The third-order valence-corrected chi connectivity index (χ3v) is 3.65. The molecule has 0 bridgehead atoms. The maximum absolute atomic E-state index is 6.17. The molecule has 2 unspecified atom stereocenters. The van der Waals surface area contributed by atoms with E-state index in [1.807, 2.05) is 18.2 Å². The first kappa shape index (κ1) is 14.5. The van der Waals surface area contributed by atoms with Crippen molar-refractivity contribution in [3.63, 3.8) is 0 Å². The van der Waals surface area contributed by atoms with Gasteiger partial charge in [-0.2, -0.15) is 0 Å². The fraction of sp³-hybridized carbons (Fsp3) is 0.571. The van der Waals surface area contributed by atoms with Crippen LogP contribution in [0.3, 0.4) is 0 Å². The number of rotatable bonds is 6. The zero-order valence-corrected chi connectivity index (χ0v) is 11.7. The van der Waals surface area contributed by atoms with Gasteiger partial charge in [-0.3, -0.25) is 0 Å². The first-order valence-electron chi connectivity index (χ1n) is 6.24. The Morgan fingerprint density at radius 2 is 1.88 bits per heavy atom. The van der Waals surface area contributed by atoms with Crippen molar-refractivity contribution >= 4 is 11.6 Å². The van der Waals surface area contributed by atoms with Gasteiger partial charge in [0.25, 0.3) is 0 Å². The number of nitrogens with two attached hydrogens (primary N) is 1. The first-order chi connectivity index (χ1) is 8.06. The molecule has 3 N–H and O–H groups in total. The average molecular weight is 255 g/mol. The number of benzene rings is 1. The summed E-state index contributed by atoms with van der Waals surface area (Å²) in [5.74, 6) is 1.12. The first-order valence-corrected chi connectivity index (χ1v) is 6.62. The molecule has 1 aromatic rings. The van der Waals surface area contributed by atoms with Crippen LogP contribution >= 0.6 is 11.6 Å². The largest absolute Gasteiger partial charge is 0.330 e. The molecule has 96 valence electrons. The van der Waals surface area contributed by atoms with E-state index in [-0.39, 0.29) is 6.04 Å². The Balaban J connectivity index is 2.55. The Bertz CT molecular complexity index is 339. The van der Waals surface area contributed by atoms with Crippen LogP contribution in [0.25, 0.3) is 0 Å². The summed E-state index contributed by atoms with van der Waals surface area (Å²) in [6.45, 7) is 8.20. The summed E-state index contributed by atoms with van der Waals surface area (Å²) in [4.78, 5) is 0. The van der Waals surface area contributed by atoms with Crippen LogP contribution in [0.4, 0.5) is 0 Å². The summed E-state index contributed by atoms with van der Waals surface area (Å²) < 4.78 is 0. The zero-order valence-electron chi connectivity index (χ0n) is 10.9. The van der Waals surface area contributed by atoms with Crippen molar-refractivity contribution in [2.75, 3.05) is 13.1 Å². The third-order valence-electron chi connectivity index (χ3n) is 3.30. The molecule has 0 radical (unpaired) electrons. The predicted molar refractivity (Wildman–Crippen MR) is 75.3 cm³/mol. The van der Waals surface area contributed by atoms with E-state index >= 15 is 0 Å². The molecule has 0 spiro atoms. The van der Waals surface area contributed by atoms with Crippen LogP contribution in [0.1, 0.15) is 32.4 Å². The van der Waals surface area contributed by atoms with E-state index in [0.29, 0.717) is 11.8 Å². The van der Waals surface area contributed by atoms with Crippen LogP contribution in [0, 0.1) is 11.8 Å². The molecule has 0 heterocycles. The van der Waals surface area contributed by atoms with Crippen LogP contribution in [-0.4, -0.2) is 13.1 Å². The molecule has 2 nitrogen and oxygen atoms in total. The van der Waals surface area contributed by atoms with Gasteiger partial charge in [-0.25, -0.2) is 0 Å². The summed E-state index contributed by atoms with van der Waals surface area (Å²) in [6.07, 6.45) is 0. The van der Waals surface area contributed by atoms with Gasteiger partial charge in [0.2, 0.25) is 0 Å². The molecular formula is C14H23ClN2. The molecular weight excluding hydrogens is 232 g/mol. The van der Waals surface area contributed by atoms with Gasteiger partial charge in [0, 0.05) is 11.1 Å². The van der Waals surface area contributed by atoms with Crippen LogP contribution in [0.5, 0.6) is 0 Å². The van der Waals surface area contributed by atoms with Gasteiger partial charge in [-0.1, -0.05) is 43.6 Å². The summed E-state index contributed by atoms with van der Waals surface area (Å²) in [5, 5.41) is 4.33. The van der Waals surface area contributed by atoms with E-state index in [9.17, 15) is 0 Å². The average Bonchev–Trinajstić information content (AvgIpc) is 2.29. The van der Waals surface area contributed by atoms with Gasteiger partial charge in [0.1, 0.15) is 0 Å². The van der Waals surface area contributed by atoms with Gasteiger partial charge in [0.15, 0.2) is 0 Å². The highest BCUT2D eigenvalue weighted by Crippen LogP contribution is 2.22. The van der Waals surface area contributed by atoms with Crippen molar-refractivity contribution in [2.24, 2.45) is 17.6 Å². The lowest BCUT2D eigenvalue weighted by Gasteiger charge is -2.23. The topological polar surface area (TPSA) is 38.0 Å². The molecule has 1 rings (SSSR count). The summed E-state index contributed by atoms with van der Waals surface area (Å²) in [6, 6.07) is 8.22. The van der Waals surface area contributed by atoms with Gasteiger partial charge >= 0.3 is 0 Å². The molecule has 2 atom stereocenters. The van der Waals surface area contributed by atoms with E-state index in [0.717, 1.165) is 23.7 Å². The van der Waals surface area contributed by atoms with Crippen LogP contribution in [0.2, 0.25) is 5.02 Å².